The third-order valence-electron chi connectivity index (χ3n) is 5.02. The van der Waals surface area contributed by atoms with Gasteiger partial charge in [0.2, 0.25) is 5.91 Å². The molecule has 6 nitrogen and oxygen atoms in total. The van der Waals surface area contributed by atoms with Crippen molar-refractivity contribution >= 4 is 5.91 Å². The first-order valence-corrected chi connectivity index (χ1v) is 9.48. The van der Waals surface area contributed by atoms with Crippen LogP contribution in [0.2, 0.25) is 0 Å². The summed E-state index contributed by atoms with van der Waals surface area (Å²) in [6, 6.07) is 6.23. The van der Waals surface area contributed by atoms with Gasteiger partial charge in [-0.1, -0.05) is 23.1 Å². The van der Waals surface area contributed by atoms with Crippen LogP contribution >= 0.6 is 0 Å². The van der Waals surface area contributed by atoms with E-state index < -0.39 is 0 Å². The molecule has 4 rings (SSSR count). The Morgan fingerprint density at radius 1 is 1.37 bits per heavy atom. The minimum absolute atomic E-state index is 0.0611. The zero-order valence-electron chi connectivity index (χ0n) is 15.8. The van der Waals surface area contributed by atoms with Crippen molar-refractivity contribution < 1.29 is 9.53 Å². The monoisotopic (exact) mass is 364 g/mol. The summed E-state index contributed by atoms with van der Waals surface area (Å²) in [6.07, 6.45) is 4.33. The van der Waals surface area contributed by atoms with Crippen molar-refractivity contribution in [2.45, 2.75) is 39.3 Å². The molecule has 6 heteroatoms. The highest BCUT2D eigenvalue weighted by atomic mass is 16.5. The van der Waals surface area contributed by atoms with E-state index in [9.17, 15) is 4.79 Å². The molecule has 1 saturated carbocycles. The second-order valence-electron chi connectivity index (χ2n) is 7.36. The molecule has 1 atom stereocenters. The Balaban J connectivity index is 1.48. The van der Waals surface area contributed by atoms with Gasteiger partial charge in [-0.3, -0.25) is 4.79 Å². The summed E-state index contributed by atoms with van der Waals surface area (Å²) in [5.74, 6) is 7.24. The van der Waals surface area contributed by atoms with Gasteiger partial charge >= 0.3 is 0 Å². The third-order valence-corrected chi connectivity index (χ3v) is 5.02. The minimum Gasteiger partial charge on any atom is -0.373 e. The standard InChI is InChI=1S/C21H24N4O2/c1-15-3-4-18(8-7-17-5-6-17)11-20(15)21-14-25(23-22-21)13-19-12-24(16(2)26)9-10-27-19/h3-4,11,14,17,19H,5-6,9-10,12-13H2,1-2H3. The predicted molar refractivity (Wildman–Crippen MR) is 102 cm³/mol. The second-order valence-corrected chi connectivity index (χ2v) is 7.36. The fraction of sp³-hybridized carbons (Fsp3) is 0.476. The fourth-order valence-electron chi connectivity index (χ4n) is 3.22. The lowest BCUT2D eigenvalue weighted by Crippen LogP contribution is -2.46. The summed E-state index contributed by atoms with van der Waals surface area (Å²) < 4.78 is 7.58. The normalized spacial score (nSPS) is 19.5. The van der Waals surface area contributed by atoms with E-state index in [-0.39, 0.29) is 12.0 Å². The van der Waals surface area contributed by atoms with Gasteiger partial charge < -0.3 is 9.64 Å². The first-order valence-electron chi connectivity index (χ1n) is 9.48. The van der Waals surface area contributed by atoms with Crippen LogP contribution in [0.15, 0.2) is 24.4 Å². The lowest BCUT2D eigenvalue weighted by Gasteiger charge is -2.32. The summed E-state index contributed by atoms with van der Waals surface area (Å²) in [4.78, 5) is 13.4. The van der Waals surface area contributed by atoms with E-state index in [1.165, 1.54) is 12.8 Å². The molecule has 1 unspecified atom stereocenters. The largest absolute Gasteiger partial charge is 0.373 e. The lowest BCUT2D eigenvalue weighted by molar-refractivity contribution is -0.136. The van der Waals surface area contributed by atoms with Crippen molar-refractivity contribution in [1.29, 1.82) is 0 Å². The molecular formula is C21H24N4O2. The Labute approximate surface area is 159 Å². The van der Waals surface area contributed by atoms with Crippen molar-refractivity contribution in [2.75, 3.05) is 19.7 Å². The van der Waals surface area contributed by atoms with E-state index in [0.717, 1.165) is 22.4 Å². The molecule has 1 aromatic carbocycles. The third kappa shape index (κ3) is 4.37. The number of hydrogen-bond donors (Lipinski definition) is 0. The SMILES string of the molecule is CC(=O)N1CCOC(Cn2cc(-c3cc(C#CC4CC4)ccc3C)nn2)C1. The Hall–Kier alpha value is -2.65. The fourth-order valence-corrected chi connectivity index (χ4v) is 3.22. The summed E-state index contributed by atoms with van der Waals surface area (Å²) >= 11 is 0. The molecule has 2 aromatic rings. The highest BCUT2D eigenvalue weighted by Crippen LogP contribution is 2.28. The zero-order chi connectivity index (χ0) is 18.8. The maximum absolute atomic E-state index is 11.6. The van der Waals surface area contributed by atoms with Crippen molar-refractivity contribution in [2.24, 2.45) is 5.92 Å². The van der Waals surface area contributed by atoms with E-state index >= 15 is 0 Å². The Kier molecular flexibility index (Phi) is 4.95. The number of hydrogen-bond acceptors (Lipinski definition) is 4. The number of benzene rings is 1. The molecule has 0 radical (unpaired) electrons. The van der Waals surface area contributed by atoms with Gasteiger partial charge in [0.25, 0.3) is 0 Å². The molecule has 1 aliphatic carbocycles. The summed E-state index contributed by atoms with van der Waals surface area (Å²) in [5, 5.41) is 8.60. The van der Waals surface area contributed by atoms with E-state index in [2.05, 4.69) is 47.3 Å². The van der Waals surface area contributed by atoms with Gasteiger partial charge in [-0.25, -0.2) is 4.68 Å². The van der Waals surface area contributed by atoms with Crippen molar-refractivity contribution in [3.05, 3.63) is 35.5 Å². The number of aryl methyl sites for hydroxylation is 1. The van der Waals surface area contributed by atoms with E-state index in [4.69, 9.17) is 4.74 Å². The van der Waals surface area contributed by atoms with Gasteiger partial charge in [0.05, 0.1) is 25.5 Å². The van der Waals surface area contributed by atoms with Crippen LogP contribution in [0.5, 0.6) is 0 Å². The minimum atomic E-state index is -0.0611. The van der Waals surface area contributed by atoms with Crippen LogP contribution in [0.25, 0.3) is 11.3 Å². The van der Waals surface area contributed by atoms with Crippen molar-refractivity contribution in [3.63, 3.8) is 0 Å². The molecule has 0 N–H and O–H groups in total. The smallest absolute Gasteiger partial charge is 0.219 e. The molecule has 140 valence electrons. The molecule has 0 bridgehead atoms. The van der Waals surface area contributed by atoms with Crippen LogP contribution in [0.4, 0.5) is 0 Å². The van der Waals surface area contributed by atoms with Gasteiger partial charge in [-0.05, 0) is 37.5 Å². The van der Waals surface area contributed by atoms with Crippen LogP contribution in [-0.4, -0.2) is 51.6 Å². The Morgan fingerprint density at radius 3 is 3.00 bits per heavy atom. The molecule has 2 aliphatic rings. The van der Waals surface area contributed by atoms with Gasteiger partial charge in [0.15, 0.2) is 0 Å². The second kappa shape index (κ2) is 7.53. The molecule has 0 spiro atoms. The summed E-state index contributed by atoms with van der Waals surface area (Å²) in [5.41, 5.74) is 4.06. The summed E-state index contributed by atoms with van der Waals surface area (Å²) in [6.45, 7) is 6.06. The number of aromatic nitrogens is 3. The molecule has 27 heavy (non-hydrogen) atoms. The molecule has 1 amide bonds. The van der Waals surface area contributed by atoms with Gasteiger partial charge in [-0.15, -0.1) is 5.10 Å². The Bertz CT molecular complexity index is 904. The average Bonchev–Trinajstić information content (AvgIpc) is 3.39. The van der Waals surface area contributed by atoms with Gasteiger partial charge in [-0.2, -0.15) is 0 Å². The molecule has 1 saturated heterocycles. The number of rotatable bonds is 3. The lowest BCUT2D eigenvalue weighted by atomic mass is 10.0. The highest BCUT2D eigenvalue weighted by Gasteiger charge is 2.23. The van der Waals surface area contributed by atoms with Crippen molar-refractivity contribution in [3.8, 4) is 23.1 Å². The van der Waals surface area contributed by atoms with Crippen LogP contribution in [0.1, 0.15) is 30.9 Å². The number of morpholine rings is 1. The van der Waals surface area contributed by atoms with E-state index in [1.54, 1.807) is 11.6 Å². The highest BCUT2D eigenvalue weighted by molar-refractivity contribution is 5.73. The topological polar surface area (TPSA) is 60.2 Å². The quantitative estimate of drug-likeness (QED) is 0.784. The molecule has 1 aromatic heterocycles. The predicted octanol–water partition coefficient (Wildman–Crippen LogP) is 2.26. The van der Waals surface area contributed by atoms with Crippen LogP contribution in [0, 0.1) is 24.7 Å². The number of amides is 1. The zero-order valence-corrected chi connectivity index (χ0v) is 15.8. The molecule has 2 fully saturated rings. The summed E-state index contributed by atoms with van der Waals surface area (Å²) in [7, 11) is 0. The number of carbonyl (C=O) groups is 1. The maximum Gasteiger partial charge on any atom is 0.219 e. The van der Waals surface area contributed by atoms with Crippen molar-refractivity contribution in [1.82, 2.24) is 19.9 Å². The number of ether oxygens (including phenoxy) is 1. The molecule has 1 aliphatic heterocycles. The Morgan fingerprint density at radius 2 is 2.22 bits per heavy atom. The van der Waals surface area contributed by atoms with Gasteiger partial charge in [0, 0.05) is 37.1 Å². The van der Waals surface area contributed by atoms with Crippen LogP contribution in [0.3, 0.4) is 0 Å². The molecular weight excluding hydrogens is 340 g/mol. The first kappa shape index (κ1) is 17.7. The number of carbonyl (C=O) groups excluding carboxylic acids is 1. The van der Waals surface area contributed by atoms with Gasteiger partial charge in [0.1, 0.15) is 5.69 Å². The average molecular weight is 364 g/mol. The van der Waals surface area contributed by atoms with Crippen LogP contribution in [-0.2, 0) is 16.1 Å². The number of nitrogens with zero attached hydrogens (tertiary/aromatic N) is 4. The molecule has 2 heterocycles. The first-order chi connectivity index (χ1) is 13.1. The van der Waals surface area contributed by atoms with Crippen LogP contribution < -0.4 is 0 Å². The van der Waals surface area contributed by atoms with E-state index in [0.29, 0.717) is 32.2 Å². The van der Waals surface area contributed by atoms with E-state index in [1.807, 2.05) is 11.1 Å². The maximum atomic E-state index is 11.6.